The zero-order chi connectivity index (χ0) is 21.8. The molecule has 0 saturated carbocycles. The van der Waals surface area contributed by atoms with E-state index in [0.717, 1.165) is 17.5 Å². The Hall–Kier alpha value is -3.52. The SMILES string of the molecule is Cc1ccc(-n2c(SCC(=O)NCc3ccccn3)nc3ccccc3c2=O)cc1F. The molecule has 4 rings (SSSR count). The average Bonchev–Trinajstić information content (AvgIpc) is 2.79. The quantitative estimate of drug-likeness (QED) is 0.370. The molecule has 2 aromatic heterocycles. The van der Waals surface area contributed by atoms with E-state index in [2.05, 4.69) is 15.3 Å². The van der Waals surface area contributed by atoms with Gasteiger partial charge in [0, 0.05) is 6.20 Å². The number of halogens is 1. The van der Waals surface area contributed by atoms with Crippen molar-refractivity contribution in [1.82, 2.24) is 19.9 Å². The maximum atomic E-state index is 14.2. The van der Waals surface area contributed by atoms with E-state index < -0.39 is 5.82 Å². The lowest BCUT2D eigenvalue weighted by Crippen LogP contribution is -2.26. The Labute approximate surface area is 182 Å². The number of amides is 1. The van der Waals surface area contributed by atoms with Gasteiger partial charge in [0.05, 0.1) is 34.6 Å². The van der Waals surface area contributed by atoms with E-state index in [1.165, 1.54) is 10.6 Å². The lowest BCUT2D eigenvalue weighted by molar-refractivity contribution is -0.118. The average molecular weight is 434 g/mol. The molecule has 0 aliphatic heterocycles. The number of pyridine rings is 1. The van der Waals surface area contributed by atoms with Crippen LogP contribution in [0, 0.1) is 12.7 Å². The van der Waals surface area contributed by atoms with Crippen LogP contribution in [-0.4, -0.2) is 26.2 Å². The summed E-state index contributed by atoms with van der Waals surface area (Å²) in [5, 5.41) is 3.54. The van der Waals surface area contributed by atoms with Gasteiger partial charge in [0.1, 0.15) is 5.82 Å². The summed E-state index contributed by atoms with van der Waals surface area (Å²) in [5.41, 5.74) is 1.80. The summed E-state index contributed by atoms with van der Waals surface area (Å²) in [4.78, 5) is 34.3. The molecule has 2 aromatic carbocycles. The molecule has 156 valence electrons. The highest BCUT2D eigenvalue weighted by atomic mass is 32.2. The molecule has 0 aliphatic rings. The number of fused-ring (bicyclic) bond motifs is 1. The number of carbonyl (C=O) groups is 1. The number of para-hydroxylation sites is 1. The van der Waals surface area contributed by atoms with Crippen molar-refractivity contribution >= 4 is 28.6 Å². The Morgan fingerprint density at radius 1 is 1.13 bits per heavy atom. The van der Waals surface area contributed by atoms with Crippen molar-refractivity contribution in [2.75, 3.05) is 5.75 Å². The maximum Gasteiger partial charge on any atom is 0.266 e. The van der Waals surface area contributed by atoms with Gasteiger partial charge in [-0.3, -0.25) is 19.1 Å². The highest BCUT2D eigenvalue weighted by Crippen LogP contribution is 2.22. The minimum Gasteiger partial charge on any atom is -0.350 e. The minimum atomic E-state index is -0.415. The van der Waals surface area contributed by atoms with Crippen LogP contribution in [0.3, 0.4) is 0 Å². The minimum absolute atomic E-state index is 0.0476. The summed E-state index contributed by atoms with van der Waals surface area (Å²) >= 11 is 1.12. The number of hydrogen-bond donors (Lipinski definition) is 1. The Morgan fingerprint density at radius 3 is 2.71 bits per heavy atom. The first kappa shape index (κ1) is 20.7. The molecule has 4 aromatic rings. The van der Waals surface area contributed by atoms with E-state index in [1.54, 1.807) is 55.6 Å². The van der Waals surface area contributed by atoms with Crippen molar-refractivity contribution in [2.24, 2.45) is 0 Å². The molecule has 0 spiro atoms. The van der Waals surface area contributed by atoms with Crippen LogP contribution >= 0.6 is 11.8 Å². The summed E-state index contributed by atoms with van der Waals surface area (Å²) in [6, 6.07) is 17.0. The number of aryl methyl sites for hydroxylation is 1. The van der Waals surface area contributed by atoms with Gasteiger partial charge < -0.3 is 5.32 Å². The highest BCUT2D eigenvalue weighted by molar-refractivity contribution is 7.99. The first-order valence-corrected chi connectivity index (χ1v) is 10.6. The molecule has 8 heteroatoms. The molecule has 0 aliphatic carbocycles. The monoisotopic (exact) mass is 434 g/mol. The van der Waals surface area contributed by atoms with Gasteiger partial charge in [-0.25, -0.2) is 9.37 Å². The first-order valence-electron chi connectivity index (χ1n) is 9.60. The molecular weight excluding hydrogens is 415 g/mol. The summed E-state index contributed by atoms with van der Waals surface area (Å²) < 4.78 is 15.6. The largest absolute Gasteiger partial charge is 0.350 e. The van der Waals surface area contributed by atoms with Crippen molar-refractivity contribution < 1.29 is 9.18 Å². The van der Waals surface area contributed by atoms with Gasteiger partial charge >= 0.3 is 0 Å². The molecule has 2 heterocycles. The van der Waals surface area contributed by atoms with Crippen LogP contribution in [0.1, 0.15) is 11.3 Å². The van der Waals surface area contributed by atoms with Gasteiger partial charge in [0.2, 0.25) is 5.91 Å². The number of hydrogen-bond acceptors (Lipinski definition) is 5. The summed E-state index contributed by atoms with van der Waals surface area (Å²) in [7, 11) is 0. The second-order valence-corrected chi connectivity index (χ2v) is 7.81. The molecule has 0 bridgehead atoms. The standard InChI is InChI=1S/C23H19FN4O2S/c1-15-9-10-17(12-19(15)24)28-22(30)18-7-2-3-8-20(18)27-23(28)31-14-21(29)26-13-16-6-4-5-11-25-16/h2-12H,13-14H2,1H3,(H,26,29). The van der Waals surface area contributed by atoms with Gasteiger partial charge in [-0.05, 0) is 48.9 Å². The number of rotatable bonds is 6. The third-order valence-corrected chi connectivity index (χ3v) is 5.62. The number of thioether (sulfide) groups is 1. The van der Waals surface area contributed by atoms with E-state index in [0.29, 0.717) is 33.9 Å². The zero-order valence-corrected chi connectivity index (χ0v) is 17.5. The summed E-state index contributed by atoms with van der Waals surface area (Å²) in [6.07, 6.45) is 1.66. The number of nitrogens with zero attached hydrogens (tertiary/aromatic N) is 3. The number of aromatic nitrogens is 3. The van der Waals surface area contributed by atoms with Crippen molar-refractivity contribution in [2.45, 2.75) is 18.6 Å². The molecule has 31 heavy (non-hydrogen) atoms. The summed E-state index contributed by atoms with van der Waals surface area (Å²) in [6.45, 7) is 1.96. The Kier molecular flexibility index (Phi) is 6.08. The zero-order valence-electron chi connectivity index (χ0n) is 16.7. The molecule has 0 saturated heterocycles. The fourth-order valence-electron chi connectivity index (χ4n) is 3.03. The predicted octanol–water partition coefficient (Wildman–Crippen LogP) is 3.64. The van der Waals surface area contributed by atoms with Crippen LogP contribution < -0.4 is 10.9 Å². The van der Waals surface area contributed by atoms with E-state index in [4.69, 9.17) is 0 Å². The van der Waals surface area contributed by atoms with Crippen LogP contribution in [0.5, 0.6) is 0 Å². The van der Waals surface area contributed by atoms with E-state index in [1.807, 2.05) is 12.1 Å². The van der Waals surface area contributed by atoms with Crippen LogP contribution in [0.2, 0.25) is 0 Å². The Balaban J connectivity index is 1.63. The fraction of sp³-hybridized carbons (Fsp3) is 0.130. The first-order chi connectivity index (χ1) is 15.0. The molecule has 0 fully saturated rings. The van der Waals surface area contributed by atoms with Crippen LogP contribution in [-0.2, 0) is 11.3 Å². The smallest absolute Gasteiger partial charge is 0.266 e. The van der Waals surface area contributed by atoms with E-state index in [9.17, 15) is 14.0 Å². The second-order valence-electron chi connectivity index (χ2n) is 6.87. The highest BCUT2D eigenvalue weighted by Gasteiger charge is 2.15. The molecule has 0 radical (unpaired) electrons. The lowest BCUT2D eigenvalue weighted by Gasteiger charge is -2.14. The third-order valence-electron chi connectivity index (χ3n) is 4.68. The molecule has 1 amide bonds. The number of nitrogens with one attached hydrogen (secondary N) is 1. The van der Waals surface area contributed by atoms with Crippen molar-refractivity contribution in [3.63, 3.8) is 0 Å². The molecule has 0 unspecified atom stereocenters. The fourth-order valence-corrected chi connectivity index (χ4v) is 3.87. The predicted molar refractivity (Wildman–Crippen MR) is 119 cm³/mol. The Bertz CT molecular complexity index is 1310. The normalized spacial score (nSPS) is 10.9. The molecule has 6 nitrogen and oxygen atoms in total. The lowest BCUT2D eigenvalue weighted by atomic mass is 10.2. The van der Waals surface area contributed by atoms with Crippen LogP contribution in [0.4, 0.5) is 4.39 Å². The van der Waals surface area contributed by atoms with Gasteiger partial charge in [0.25, 0.3) is 5.56 Å². The molecule has 1 N–H and O–H groups in total. The number of carbonyl (C=O) groups excluding carboxylic acids is 1. The van der Waals surface area contributed by atoms with Crippen molar-refractivity contribution in [1.29, 1.82) is 0 Å². The second kappa shape index (κ2) is 9.09. The van der Waals surface area contributed by atoms with Gasteiger partial charge in [-0.2, -0.15) is 0 Å². The van der Waals surface area contributed by atoms with Gasteiger partial charge in [-0.1, -0.05) is 36.0 Å². The summed E-state index contributed by atoms with van der Waals surface area (Å²) in [5.74, 6) is -0.590. The van der Waals surface area contributed by atoms with Gasteiger partial charge in [0.15, 0.2) is 5.16 Å². The molecule has 0 atom stereocenters. The van der Waals surface area contributed by atoms with E-state index in [-0.39, 0.29) is 17.2 Å². The van der Waals surface area contributed by atoms with E-state index >= 15 is 0 Å². The Morgan fingerprint density at radius 2 is 1.94 bits per heavy atom. The van der Waals surface area contributed by atoms with Crippen LogP contribution in [0.15, 0.2) is 76.8 Å². The van der Waals surface area contributed by atoms with Crippen molar-refractivity contribution in [3.05, 3.63) is 94.3 Å². The van der Waals surface area contributed by atoms with Crippen molar-refractivity contribution in [3.8, 4) is 5.69 Å². The topological polar surface area (TPSA) is 76.9 Å². The van der Waals surface area contributed by atoms with Crippen LogP contribution in [0.25, 0.3) is 16.6 Å². The van der Waals surface area contributed by atoms with Gasteiger partial charge in [-0.15, -0.1) is 0 Å². The molecular formula is C23H19FN4O2S. The maximum absolute atomic E-state index is 14.2. The number of benzene rings is 2. The third kappa shape index (κ3) is 4.64.